The van der Waals surface area contributed by atoms with Crippen LogP contribution < -0.4 is 10.1 Å². The summed E-state index contributed by atoms with van der Waals surface area (Å²) in [5, 5.41) is 13.6. The first kappa shape index (κ1) is 14.3. The van der Waals surface area contributed by atoms with Crippen LogP contribution in [0.2, 0.25) is 5.02 Å². The molecule has 0 aliphatic carbocycles. The number of rotatable bonds is 5. The zero-order chi connectivity index (χ0) is 13.0. The third kappa shape index (κ3) is 3.35. The van der Waals surface area contributed by atoms with Crippen molar-refractivity contribution in [1.82, 2.24) is 5.32 Å². The molecule has 0 amide bonds. The summed E-state index contributed by atoms with van der Waals surface area (Å²) in [6, 6.07) is 3.69. The van der Waals surface area contributed by atoms with Gasteiger partial charge in [0, 0.05) is 6.54 Å². The van der Waals surface area contributed by atoms with Crippen LogP contribution in [0.15, 0.2) is 12.1 Å². The fourth-order valence-corrected chi connectivity index (χ4v) is 2.08. The number of nitrogens with one attached hydrogen (secondary N) is 1. The summed E-state index contributed by atoms with van der Waals surface area (Å²) in [5.74, 6) is 0.957. The van der Waals surface area contributed by atoms with Gasteiger partial charge in [0.25, 0.3) is 0 Å². The van der Waals surface area contributed by atoms with Gasteiger partial charge in [0.1, 0.15) is 5.75 Å². The van der Waals surface area contributed by atoms with E-state index in [1.165, 1.54) is 0 Å². The Morgan fingerprint density at radius 1 is 1.35 bits per heavy atom. The lowest BCUT2D eigenvalue weighted by Crippen LogP contribution is -2.18. The van der Waals surface area contributed by atoms with Crippen LogP contribution in [0.3, 0.4) is 0 Å². The zero-order valence-electron chi connectivity index (χ0n) is 10.7. The molecule has 1 unspecified atom stereocenters. The molecule has 0 saturated carbocycles. The Kier molecular flexibility index (Phi) is 5.25. The molecule has 0 radical (unpaired) electrons. The van der Waals surface area contributed by atoms with Crippen molar-refractivity contribution in [1.29, 1.82) is 0 Å². The molecule has 0 bridgehead atoms. The lowest BCUT2D eigenvalue weighted by molar-refractivity contribution is 0.176. The molecule has 1 aromatic rings. The highest BCUT2D eigenvalue weighted by molar-refractivity contribution is 6.32. The maximum absolute atomic E-state index is 10.1. The highest BCUT2D eigenvalue weighted by Crippen LogP contribution is 2.34. The maximum Gasteiger partial charge on any atom is 0.137 e. The number of hydrogen-bond donors (Lipinski definition) is 2. The summed E-state index contributed by atoms with van der Waals surface area (Å²) in [6.07, 6.45) is -0.555. The second kappa shape index (κ2) is 6.24. The van der Waals surface area contributed by atoms with Gasteiger partial charge >= 0.3 is 0 Å². The SMILES string of the molecule is CNCC(O)c1cc(Cl)c(OC)cc1C(C)C. The van der Waals surface area contributed by atoms with Crippen LogP contribution in [0.4, 0.5) is 0 Å². The van der Waals surface area contributed by atoms with Crippen LogP contribution in [-0.4, -0.2) is 25.8 Å². The van der Waals surface area contributed by atoms with Gasteiger partial charge in [0.15, 0.2) is 0 Å². The van der Waals surface area contributed by atoms with Gasteiger partial charge in [0.05, 0.1) is 18.2 Å². The van der Waals surface area contributed by atoms with Gasteiger partial charge in [-0.15, -0.1) is 0 Å². The van der Waals surface area contributed by atoms with Gasteiger partial charge in [-0.05, 0) is 36.2 Å². The highest BCUT2D eigenvalue weighted by atomic mass is 35.5. The van der Waals surface area contributed by atoms with Gasteiger partial charge in [-0.2, -0.15) is 0 Å². The number of hydrogen-bond acceptors (Lipinski definition) is 3. The van der Waals surface area contributed by atoms with Crippen LogP contribution in [0, 0.1) is 0 Å². The van der Waals surface area contributed by atoms with Crippen molar-refractivity contribution in [2.45, 2.75) is 25.9 Å². The smallest absolute Gasteiger partial charge is 0.137 e. The molecule has 17 heavy (non-hydrogen) atoms. The molecule has 4 heteroatoms. The fraction of sp³-hybridized carbons (Fsp3) is 0.538. The van der Waals surface area contributed by atoms with Crippen LogP contribution in [0.25, 0.3) is 0 Å². The third-order valence-corrected chi connectivity index (χ3v) is 3.03. The van der Waals surface area contributed by atoms with Crippen molar-refractivity contribution in [3.8, 4) is 5.75 Å². The molecule has 0 heterocycles. The summed E-state index contributed by atoms with van der Waals surface area (Å²) in [4.78, 5) is 0. The molecule has 0 aliphatic rings. The molecule has 1 atom stereocenters. The second-order valence-corrected chi connectivity index (χ2v) is 4.75. The summed E-state index contributed by atoms with van der Waals surface area (Å²) in [5.41, 5.74) is 1.93. The number of likely N-dealkylation sites (N-methyl/N-ethyl adjacent to an activating group) is 1. The normalized spacial score (nSPS) is 12.9. The van der Waals surface area contributed by atoms with Crippen molar-refractivity contribution >= 4 is 11.6 Å². The number of ether oxygens (including phenoxy) is 1. The van der Waals surface area contributed by atoms with Crippen molar-refractivity contribution in [3.63, 3.8) is 0 Å². The fourth-order valence-electron chi connectivity index (χ4n) is 1.83. The molecule has 3 nitrogen and oxygen atoms in total. The van der Waals surface area contributed by atoms with E-state index in [1.54, 1.807) is 13.2 Å². The quantitative estimate of drug-likeness (QED) is 0.852. The Morgan fingerprint density at radius 2 is 2.00 bits per heavy atom. The predicted molar refractivity (Wildman–Crippen MR) is 71.0 cm³/mol. The first-order chi connectivity index (χ1) is 8.01. The molecule has 0 saturated heterocycles. The molecule has 0 fully saturated rings. The van der Waals surface area contributed by atoms with E-state index in [4.69, 9.17) is 16.3 Å². The molecule has 2 N–H and O–H groups in total. The van der Waals surface area contributed by atoms with E-state index in [-0.39, 0.29) is 0 Å². The Balaban J connectivity index is 3.22. The first-order valence-corrected chi connectivity index (χ1v) is 6.09. The van der Waals surface area contributed by atoms with Gasteiger partial charge in [-0.1, -0.05) is 25.4 Å². The average molecular weight is 258 g/mol. The van der Waals surface area contributed by atoms with Gasteiger partial charge in [-0.3, -0.25) is 0 Å². The molecule has 1 aromatic carbocycles. The van der Waals surface area contributed by atoms with Gasteiger partial charge in [0.2, 0.25) is 0 Å². The minimum Gasteiger partial charge on any atom is -0.495 e. The third-order valence-electron chi connectivity index (χ3n) is 2.74. The number of methoxy groups -OCH3 is 1. The largest absolute Gasteiger partial charge is 0.495 e. The summed E-state index contributed by atoms with van der Waals surface area (Å²) in [6.45, 7) is 4.67. The van der Waals surface area contributed by atoms with E-state index < -0.39 is 6.10 Å². The Hall–Kier alpha value is -0.770. The number of halogens is 1. The molecular weight excluding hydrogens is 238 g/mol. The average Bonchev–Trinajstić information content (AvgIpc) is 2.28. The molecule has 1 rings (SSSR count). The van der Waals surface area contributed by atoms with Crippen molar-refractivity contribution < 1.29 is 9.84 Å². The number of benzene rings is 1. The summed E-state index contributed by atoms with van der Waals surface area (Å²) < 4.78 is 5.20. The minimum atomic E-state index is -0.555. The van der Waals surface area contributed by atoms with E-state index in [1.807, 2.05) is 13.1 Å². The lowest BCUT2D eigenvalue weighted by Gasteiger charge is -2.19. The van der Waals surface area contributed by atoms with Crippen LogP contribution in [0.5, 0.6) is 5.75 Å². The maximum atomic E-state index is 10.1. The van der Waals surface area contributed by atoms with Gasteiger partial charge < -0.3 is 15.2 Å². The minimum absolute atomic E-state index is 0.308. The summed E-state index contributed by atoms with van der Waals surface area (Å²) >= 11 is 6.09. The standard InChI is InChI=1S/C13H20ClNO2/c1-8(2)9-6-13(17-4)11(14)5-10(9)12(16)7-15-3/h5-6,8,12,15-16H,7H2,1-4H3. The van der Waals surface area contributed by atoms with E-state index >= 15 is 0 Å². The van der Waals surface area contributed by atoms with Crippen LogP contribution in [0.1, 0.15) is 37.0 Å². The highest BCUT2D eigenvalue weighted by Gasteiger charge is 2.17. The summed E-state index contributed by atoms with van der Waals surface area (Å²) in [7, 11) is 3.40. The molecule has 0 aromatic heterocycles. The topological polar surface area (TPSA) is 41.5 Å². The van der Waals surface area contributed by atoms with Crippen molar-refractivity contribution in [3.05, 3.63) is 28.3 Å². The molecular formula is C13H20ClNO2. The number of aliphatic hydroxyl groups excluding tert-OH is 1. The van der Waals surface area contributed by atoms with Gasteiger partial charge in [-0.25, -0.2) is 0 Å². The second-order valence-electron chi connectivity index (χ2n) is 4.34. The van der Waals surface area contributed by atoms with Crippen molar-refractivity contribution in [2.75, 3.05) is 20.7 Å². The zero-order valence-corrected chi connectivity index (χ0v) is 11.5. The molecule has 96 valence electrons. The lowest BCUT2D eigenvalue weighted by atomic mass is 9.93. The van der Waals surface area contributed by atoms with Crippen LogP contribution >= 0.6 is 11.6 Å². The van der Waals surface area contributed by atoms with Crippen molar-refractivity contribution in [2.24, 2.45) is 0 Å². The Bertz CT molecular complexity index is 380. The molecule has 0 spiro atoms. The van der Waals surface area contributed by atoms with E-state index in [9.17, 15) is 5.11 Å². The Labute approximate surface area is 108 Å². The molecule has 0 aliphatic heterocycles. The first-order valence-electron chi connectivity index (χ1n) is 5.71. The van der Waals surface area contributed by atoms with Crippen LogP contribution in [-0.2, 0) is 0 Å². The van der Waals surface area contributed by atoms with E-state index in [0.717, 1.165) is 11.1 Å². The predicted octanol–water partition coefficient (Wildman–Crippen LogP) is 2.72. The van der Waals surface area contributed by atoms with E-state index in [2.05, 4.69) is 19.2 Å². The Morgan fingerprint density at radius 3 is 2.47 bits per heavy atom. The monoisotopic (exact) mass is 257 g/mol. The van der Waals surface area contributed by atoms with E-state index in [0.29, 0.717) is 23.2 Å². The number of aliphatic hydroxyl groups is 1.